The predicted molar refractivity (Wildman–Crippen MR) is 106 cm³/mol. The van der Waals surface area contributed by atoms with Crippen molar-refractivity contribution in [1.29, 1.82) is 4.78 Å². The number of nitrogens with one attached hydrogen (secondary N) is 2. The Morgan fingerprint density at radius 3 is 2.89 bits per heavy atom. The van der Waals surface area contributed by atoms with Crippen LogP contribution in [0, 0.1) is 4.78 Å². The Morgan fingerprint density at radius 2 is 2.25 bits per heavy atom. The van der Waals surface area contributed by atoms with Crippen LogP contribution in [-0.4, -0.2) is 61.1 Å². The standard InChI is InChI=1S/C18H23N7O2S/c1-12-11-27-8-7-24(12)16-9-15(18(4-5-18)28(2,19)26)25-17(22-16)13(10-21-25)14-3-6-20-23-14/h3,6,9-10,12,19H,4-5,7-8,11H2,1-2H3,(H,20,23)/t12-,28-/m1/s1. The van der Waals surface area contributed by atoms with Crippen LogP contribution in [0.25, 0.3) is 16.9 Å². The first-order chi connectivity index (χ1) is 13.4. The van der Waals surface area contributed by atoms with Gasteiger partial charge in [-0.25, -0.2) is 13.7 Å². The molecule has 0 amide bonds. The van der Waals surface area contributed by atoms with Crippen molar-refractivity contribution in [1.82, 2.24) is 24.8 Å². The minimum absolute atomic E-state index is 0.187. The average Bonchev–Trinajstić information content (AvgIpc) is 3.11. The number of nitrogens with zero attached hydrogens (tertiary/aromatic N) is 5. The predicted octanol–water partition coefficient (Wildman–Crippen LogP) is 2.01. The quantitative estimate of drug-likeness (QED) is 0.692. The first-order valence-electron chi connectivity index (χ1n) is 9.37. The molecule has 2 atom stereocenters. The fourth-order valence-electron chi connectivity index (χ4n) is 4.04. The molecule has 2 fully saturated rings. The molecule has 1 aliphatic heterocycles. The molecule has 1 saturated carbocycles. The summed E-state index contributed by atoms with van der Waals surface area (Å²) in [5, 5.41) is 11.6. The highest BCUT2D eigenvalue weighted by atomic mass is 32.2. The lowest BCUT2D eigenvalue weighted by atomic mass is 10.2. The van der Waals surface area contributed by atoms with Crippen molar-refractivity contribution in [2.24, 2.45) is 0 Å². The molecule has 10 heteroatoms. The van der Waals surface area contributed by atoms with E-state index >= 15 is 0 Å². The molecule has 1 saturated heterocycles. The number of hydrogen-bond donors (Lipinski definition) is 2. The van der Waals surface area contributed by atoms with Crippen LogP contribution >= 0.6 is 0 Å². The largest absolute Gasteiger partial charge is 0.377 e. The summed E-state index contributed by atoms with van der Waals surface area (Å²) in [6.07, 6.45) is 6.43. The minimum Gasteiger partial charge on any atom is -0.377 e. The summed E-state index contributed by atoms with van der Waals surface area (Å²) in [6, 6.07) is 4.04. The van der Waals surface area contributed by atoms with Gasteiger partial charge >= 0.3 is 0 Å². The van der Waals surface area contributed by atoms with Crippen molar-refractivity contribution < 1.29 is 8.95 Å². The van der Waals surface area contributed by atoms with Crippen molar-refractivity contribution in [3.63, 3.8) is 0 Å². The minimum atomic E-state index is -2.79. The lowest BCUT2D eigenvalue weighted by molar-refractivity contribution is 0.0985. The third kappa shape index (κ3) is 2.55. The summed E-state index contributed by atoms with van der Waals surface area (Å²) < 4.78 is 27.8. The molecular formula is C18H23N7O2S. The van der Waals surface area contributed by atoms with Gasteiger partial charge in [0.15, 0.2) is 5.65 Å². The Hall–Kier alpha value is -2.46. The van der Waals surface area contributed by atoms with Gasteiger partial charge < -0.3 is 9.64 Å². The number of hydrogen-bond acceptors (Lipinski definition) is 7. The number of aromatic nitrogens is 5. The van der Waals surface area contributed by atoms with E-state index in [0.29, 0.717) is 18.9 Å². The summed E-state index contributed by atoms with van der Waals surface area (Å²) >= 11 is 0. The van der Waals surface area contributed by atoms with Crippen LogP contribution in [0.3, 0.4) is 0 Å². The molecule has 148 valence electrons. The normalized spacial score (nSPS) is 23.6. The second-order valence-corrected chi connectivity index (χ2v) is 10.2. The van der Waals surface area contributed by atoms with Crippen LogP contribution in [-0.2, 0) is 19.2 Å². The molecule has 2 aliphatic rings. The zero-order chi connectivity index (χ0) is 19.5. The van der Waals surface area contributed by atoms with Crippen LogP contribution in [0.2, 0.25) is 0 Å². The molecule has 3 aromatic heterocycles. The zero-order valence-corrected chi connectivity index (χ0v) is 16.7. The van der Waals surface area contributed by atoms with E-state index in [4.69, 9.17) is 14.5 Å². The van der Waals surface area contributed by atoms with E-state index in [1.165, 1.54) is 6.26 Å². The smallest absolute Gasteiger partial charge is 0.167 e. The second kappa shape index (κ2) is 6.02. The van der Waals surface area contributed by atoms with Crippen LogP contribution < -0.4 is 4.90 Å². The van der Waals surface area contributed by atoms with Crippen molar-refractivity contribution >= 4 is 21.2 Å². The third-order valence-corrected chi connectivity index (χ3v) is 7.94. The van der Waals surface area contributed by atoms with Gasteiger partial charge in [-0.1, -0.05) is 0 Å². The Balaban J connectivity index is 1.76. The van der Waals surface area contributed by atoms with Crippen LogP contribution in [0.15, 0.2) is 24.5 Å². The van der Waals surface area contributed by atoms with E-state index in [0.717, 1.165) is 42.2 Å². The Kier molecular flexibility index (Phi) is 3.79. The van der Waals surface area contributed by atoms with Gasteiger partial charge in [0, 0.05) is 25.1 Å². The first kappa shape index (κ1) is 17.6. The number of morpholine rings is 1. The van der Waals surface area contributed by atoms with Gasteiger partial charge in [-0.05, 0) is 25.8 Å². The molecule has 0 unspecified atom stereocenters. The molecule has 3 aromatic rings. The molecular weight excluding hydrogens is 378 g/mol. The van der Waals surface area contributed by atoms with Gasteiger partial charge in [-0.15, -0.1) is 0 Å². The molecule has 0 radical (unpaired) electrons. The third-order valence-electron chi connectivity index (χ3n) is 5.83. The maximum atomic E-state index is 12.9. The maximum absolute atomic E-state index is 12.9. The lowest BCUT2D eigenvalue weighted by Crippen LogP contribution is -2.44. The fourth-order valence-corrected chi connectivity index (χ4v) is 5.47. The molecule has 28 heavy (non-hydrogen) atoms. The maximum Gasteiger partial charge on any atom is 0.167 e. The van der Waals surface area contributed by atoms with E-state index in [9.17, 15) is 4.21 Å². The monoisotopic (exact) mass is 401 g/mol. The Bertz CT molecular complexity index is 1130. The molecule has 4 heterocycles. The van der Waals surface area contributed by atoms with Crippen LogP contribution in [0.5, 0.6) is 0 Å². The van der Waals surface area contributed by atoms with Gasteiger partial charge in [-0.2, -0.15) is 10.2 Å². The SMILES string of the molecule is C[C@@H]1COCCN1c1cc(C2([S@](C)(=N)=O)CC2)n2ncc(-c3ccn[nH]3)c2n1. The van der Waals surface area contributed by atoms with E-state index in [1.807, 2.05) is 12.1 Å². The molecule has 5 rings (SSSR count). The fraction of sp³-hybridized carbons (Fsp3) is 0.500. The van der Waals surface area contributed by atoms with Crippen molar-refractivity contribution in [3.8, 4) is 11.3 Å². The molecule has 0 spiro atoms. The van der Waals surface area contributed by atoms with E-state index in [1.54, 1.807) is 16.9 Å². The van der Waals surface area contributed by atoms with E-state index in [2.05, 4.69) is 27.1 Å². The van der Waals surface area contributed by atoms with Crippen molar-refractivity contribution in [2.45, 2.75) is 30.6 Å². The second-order valence-electron chi connectivity index (χ2n) is 7.72. The summed E-state index contributed by atoms with van der Waals surface area (Å²) in [5.74, 6) is 0.814. The lowest BCUT2D eigenvalue weighted by Gasteiger charge is -2.35. The highest BCUT2D eigenvalue weighted by Gasteiger charge is 2.53. The average molecular weight is 401 g/mol. The summed E-state index contributed by atoms with van der Waals surface area (Å²) in [4.78, 5) is 7.13. The number of fused-ring (bicyclic) bond motifs is 1. The number of rotatable bonds is 4. The Labute approximate surface area is 163 Å². The highest BCUT2D eigenvalue weighted by molar-refractivity contribution is 7.93. The Morgan fingerprint density at radius 1 is 1.43 bits per heavy atom. The highest BCUT2D eigenvalue weighted by Crippen LogP contribution is 2.53. The topological polar surface area (TPSA) is 112 Å². The van der Waals surface area contributed by atoms with Gasteiger partial charge in [0.1, 0.15) is 5.82 Å². The molecule has 1 aliphatic carbocycles. The number of aromatic amines is 1. The molecule has 9 nitrogen and oxygen atoms in total. The van der Waals surface area contributed by atoms with Gasteiger partial charge in [0.05, 0.1) is 56.9 Å². The number of H-pyrrole nitrogens is 1. The van der Waals surface area contributed by atoms with Crippen molar-refractivity contribution in [3.05, 3.63) is 30.2 Å². The zero-order valence-electron chi connectivity index (χ0n) is 15.9. The van der Waals surface area contributed by atoms with Gasteiger partial charge in [0.25, 0.3) is 0 Å². The van der Waals surface area contributed by atoms with Crippen LogP contribution in [0.1, 0.15) is 25.5 Å². The van der Waals surface area contributed by atoms with Gasteiger partial charge in [0.2, 0.25) is 0 Å². The summed E-state index contributed by atoms with van der Waals surface area (Å²) in [6.45, 7) is 4.14. The van der Waals surface area contributed by atoms with Crippen molar-refractivity contribution in [2.75, 3.05) is 30.9 Å². The number of ether oxygens (including phenoxy) is 1. The van der Waals surface area contributed by atoms with Crippen LogP contribution in [0.4, 0.5) is 5.82 Å². The summed E-state index contributed by atoms with van der Waals surface area (Å²) in [7, 11) is -2.79. The molecule has 0 bridgehead atoms. The first-order valence-corrected chi connectivity index (χ1v) is 11.3. The molecule has 0 aromatic carbocycles. The number of anilines is 1. The van der Waals surface area contributed by atoms with E-state index < -0.39 is 14.5 Å². The van der Waals surface area contributed by atoms with E-state index in [-0.39, 0.29) is 6.04 Å². The van der Waals surface area contributed by atoms with Gasteiger partial charge in [-0.3, -0.25) is 9.88 Å². The summed E-state index contributed by atoms with van der Waals surface area (Å²) in [5.41, 5.74) is 3.16. The molecule has 2 N–H and O–H groups in total.